The molecule has 0 fully saturated rings. The van der Waals surface area contributed by atoms with Crippen LogP contribution < -0.4 is 0 Å². The van der Waals surface area contributed by atoms with Gasteiger partial charge in [-0.15, -0.1) is 0 Å². The van der Waals surface area contributed by atoms with E-state index in [1.165, 1.54) is 0 Å². The molecule has 0 rings (SSSR count). The second-order valence-electron chi connectivity index (χ2n) is 0.311. The van der Waals surface area contributed by atoms with Gasteiger partial charge in [0, 0.05) is 34.4 Å². The van der Waals surface area contributed by atoms with E-state index in [0.29, 0.717) is 0 Å². The van der Waals surface area contributed by atoms with Crippen molar-refractivity contribution in [3.05, 3.63) is 0 Å². The first kappa shape index (κ1) is 15.8. The van der Waals surface area contributed by atoms with Crippen LogP contribution in [0.3, 0.4) is 0 Å². The van der Waals surface area contributed by atoms with Gasteiger partial charge in [-0.2, -0.15) is 0 Å². The molecule has 6 heteroatoms. The molecule has 2 N–H and O–H groups in total. The van der Waals surface area contributed by atoms with Crippen LogP contribution in [0.2, 0.25) is 0 Å². The van der Waals surface area contributed by atoms with Crippen molar-refractivity contribution >= 4 is 7.40 Å². The molecule has 0 atom stereocenters. The van der Waals surface area contributed by atoms with Gasteiger partial charge in [0.05, 0.1) is 0 Å². The van der Waals surface area contributed by atoms with Crippen molar-refractivity contribution in [2.45, 2.75) is 0 Å². The first-order chi connectivity index (χ1) is 1.73. The van der Waals surface area contributed by atoms with Gasteiger partial charge in [0.15, 0.2) is 0 Å². The van der Waals surface area contributed by atoms with Gasteiger partial charge in [-0.1, -0.05) is 0 Å². The van der Waals surface area contributed by atoms with Crippen LogP contribution >= 0.6 is 0 Å². The maximum Gasteiger partial charge on any atom is 0.674 e. The van der Waals surface area contributed by atoms with Gasteiger partial charge in [0.2, 0.25) is 0 Å². The van der Waals surface area contributed by atoms with Gasteiger partial charge in [-0.05, 0) is 0 Å². The van der Waals surface area contributed by atoms with Crippen LogP contribution in [0.15, 0.2) is 0 Å². The van der Waals surface area contributed by atoms with Crippen LogP contribution in [0.1, 0.15) is 0 Å². The summed E-state index contributed by atoms with van der Waals surface area (Å²) in [7, 11) is -2.67. The van der Waals surface area contributed by atoms with Crippen LogP contribution in [-0.2, 0) is 34.4 Å². The predicted octanol–water partition coefficient (Wildman–Crippen LogP) is -1.08. The van der Waals surface area contributed by atoms with E-state index in [2.05, 4.69) is 0 Å². The Morgan fingerprint density at radius 3 is 1.33 bits per heavy atom. The molecule has 0 aromatic heterocycles. The summed E-state index contributed by atoms with van der Waals surface area (Å²) < 4.78 is 10.1. The summed E-state index contributed by atoms with van der Waals surface area (Å²) in [6, 6.07) is 0. The number of hydrogen-bond acceptors (Lipinski definition) is 2. The van der Waals surface area contributed by atoms with Crippen molar-refractivity contribution in [3.8, 4) is 0 Å². The molecule has 0 saturated heterocycles. The molecule has 0 aliphatic carbocycles. The Morgan fingerprint density at radius 2 is 1.33 bits per heavy atom. The van der Waals surface area contributed by atoms with Crippen LogP contribution in [0.5, 0.6) is 0 Å². The van der Waals surface area contributed by atoms with Gasteiger partial charge in [0.25, 0.3) is 0 Å². The molecule has 1 radical (unpaired) electrons. The Bertz CT molecular complexity index is 18.3. The van der Waals surface area contributed by atoms with E-state index < -0.39 is 7.40 Å². The molecule has 0 saturated carbocycles. The van der Waals surface area contributed by atoms with Gasteiger partial charge < -0.3 is 10.0 Å². The SMILES string of the molecule is OB(O)F.[Cr].[Cu]. The van der Waals surface area contributed by atoms with Crippen LogP contribution in [0.4, 0.5) is 4.32 Å². The van der Waals surface area contributed by atoms with Gasteiger partial charge in [-0.25, -0.2) is 0 Å². The fourth-order valence-corrected chi connectivity index (χ4v) is 0. The minimum atomic E-state index is -2.67. The summed E-state index contributed by atoms with van der Waals surface area (Å²) in [5.74, 6) is 0. The molecule has 0 spiro atoms. The smallest absolute Gasteiger partial charge is 0.398 e. The average molecular weight is 179 g/mol. The van der Waals surface area contributed by atoms with Crippen LogP contribution in [0.25, 0.3) is 0 Å². The first-order valence-electron chi connectivity index (χ1n) is 0.735. The van der Waals surface area contributed by atoms with E-state index in [4.69, 9.17) is 10.0 Å². The maximum absolute atomic E-state index is 10.1. The Labute approximate surface area is 56.5 Å². The Kier molecular flexibility index (Phi) is 24.6. The fraction of sp³-hybridized carbons (Fsp3) is 0. The van der Waals surface area contributed by atoms with Crippen molar-refractivity contribution in [1.82, 2.24) is 0 Å². The van der Waals surface area contributed by atoms with E-state index in [-0.39, 0.29) is 34.4 Å². The maximum atomic E-state index is 10.1. The molecular weight excluding hydrogens is 177 g/mol. The predicted molar refractivity (Wildman–Crippen MR) is 11.3 cm³/mol. The van der Waals surface area contributed by atoms with E-state index in [1.807, 2.05) is 0 Å². The van der Waals surface area contributed by atoms with Crippen LogP contribution in [-0.4, -0.2) is 17.4 Å². The van der Waals surface area contributed by atoms with Gasteiger partial charge in [0.1, 0.15) is 0 Å². The van der Waals surface area contributed by atoms with Gasteiger partial charge >= 0.3 is 7.40 Å². The third kappa shape index (κ3) is 83.6. The molecule has 0 unspecified atom stereocenters. The molecular formula is H2BCrCuFO2. The Balaban J connectivity index is -0.0000000450. The van der Waals surface area contributed by atoms with Crippen LogP contribution in [0, 0.1) is 0 Å². The molecule has 0 aromatic rings. The topological polar surface area (TPSA) is 40.5 Å². The second kappa shape index (κ2) is 9.35. The zero-order valence-electron chi connectivity index (χ0n) is 2.56. The van der Waals surface area contributed by atoms with E-state index >= 15 is 0 Å². The zero-order chi connectivity index (χ0) is 3.58. The quantitative estimate of drug-likeness (QED) is 0.465. The number of hydrogen-bond donors (Lipinski definition) is 2. The summed E-state index contributed by atoms with van der Waals surface area (Å²) in [5.41, 5.74) is 0. The van der Waals surface area contributed by atoms with Crippen molar-refractivity contribution in [2.75, 3.05) is 0 Å². The third-order valence-electron chi connectivity index (χ3n) is 0. The van der Waals surface area contributed by atoms with Crippen molar-refractivity contribution < 1.29 is 48.8 Å². The monoisotopic (exact) mass is 179 g/mol. The normalized spacial score (nSPS) is 4.50. The molecule has 0 bridgehead atoms. The zero-order valence-corrected chi connectivity index (χ0v) is 4.78. The molecule has 0 aliphatic rings. The molecule has 2 nitrogen and oxygen atoms in total. The van der Waals surface area contributed by atoms with E-state index in [9.17, 15) is 4.32 Å². The van der Waals surface area contributed by atoms with Crippen molar-refractivity contribution in [2.24, 2.45) is 0 Å². The third-order valence-corrected chi connectivity index (χ3v) is 0. The summed E-state index contributed by atoms with van der Waals surface area (Å²) in [6.45, 7) is 0. The molecule has 0 aliphatic heterocycles. The van der Waals surface area contributed by atoms with Gasteiger partial charge in [-0.3, -0.25) is 4.32 Å². The molecule has 41 valence electrons. The number of rotatable bonds is 0. The molecule has 6 heavy (non-hydrogen) atoms. The van der Waals surface area contributed by atoms with Crippen molar-refractivity contribution in [1.29, 1.82) is 0 Å². The Hall–Kier alpha value is 0.967. The second-order valence-corrected chi connectivity index (χ2v) is 0.311. The standard InChI is InChI=1S/BFH2O2.Cr.Cu/c2-1(3)4;;/h3-4H;;. The summed E-state index contributed by atoms with van der Waals surface area (Å²) in [5, 5.41) is 13.9. The fourth-order valence-electron chi connectivity index (χ4n) is 0. The first-order valence-corrected chi connectivity index (χ1v) is 0.735. The summed E-state index contributed by atoms with van der Waals surface area (Å²) >= 11 is 0. The molecule has 0 amide bonds. The van der Waals surface area contributed by atoms with Crippen molar-refractivity contribution in [3.63, 3.8) is 0 Å². The largest absolute Gasteiger partial charge is 0.674 e. The Morgan fingerprint density at radius 1 is 1.33 bits per heavy atom. The molecule has 0 heterocycles. The minimum absolute atomic E-state index is 0. The summed E-state index contributed by atoms with van der Waals surface area (Å²) in [4.78, 5) is 0. The minimum Gasteiger partial charge on any atom is -0.398 e. The number of halogens is 1. The molecule has 0 aromatic carbocycles. The van der Waals surface area contributed by atoms with E-state index in [1.54, 1.807) is 0 Å². The van der Waals surface area contributed by atoms with E-state index in [0.717, 1.165) is 0 Å². The summed E-state index contributed by atoms with van der Waals surface area (Å²) in [6.07, 6.45) is 0. The average Bonchev–Trinajstić information content (AvgIpc) is 0.811.